The number of hydrogen-bond donors (Lipinski definition) is 1. The van der Waals surface area contributed by atoms with Crippen molar-refractivity contribution < 1.29 is 14.7 Å². The van der Waals surface area contributed by atoms with Crippen molar-refractivity contribution in [2.24, 2.45) is 0 Å². The van der Waals surface area contributed by atoms with Crippen LogP contribution in [0.4, 0.5) is 4.79 Å². The van der Waals surface area contributed by atoms with E-state index in [1.54, 1.807) is 7.05 Å². The van der Waals surface area contributed by atoms with Crippen LogP contribution in [0.1, 0.15) is 32.1 Å². The molecule has 0 aromatic carbocycles. The third-order valence-corrected chi connectivity index (χ3v) is 3.47. The largest absolute Gasteiger partial charge is 0.388 e. The summed E-state index contributed by atoms with van der Waals surface area (Å²) in [5, 5.41) is 10.3. The van der Waals surface area contributed by atoms with Crippen molar-refractivity contribution >= 4 is 11.9 Å². The smallest absolute Gasteiger partial charge is 0.327 e. The zero-order valence-corrected chi connectivity index (χ0v) is 9.61. The van der Waals surface area contributed by atoms with E-state index in [9.17, 15) is 14.7 Å². The Kier molecular flexibility index (Phi) is 2.88. The minimum Gasteiger partial charge on any atom is -0.388 e. The van der Waals surface area contributed by atoms with Gasteiger partial charge in [-0.15, -0.1) is 0 Å². The molecule has 5 heteroatoms. The lowest BCUT2D eigenvalue weighted by Crippen LogP contribution is -2.47. The van der Waals surface area contributed by atoms with Gasteiger partial charge in [0.1, 0.15) is 6.54 Å². The second-order valence-corrected chi connectivity index (χ2v) is 4.90. The number of urea groups is 1. The Labute approximate surface area is 95.0 Å². The van der Waals surface area contributed by atoms with Gasteiger partial charge < -0.3 is 10.0 Å². The highest BCUT2D eigenvalue weighted by molar-refractivity contribution is 6.01. The lowest BCUT2D eigenvalue weighted by Gasteiger charge is -2.34. The summed E-state index contributed by atoms with van der Waals surface area (Å²) in [6.07, 6.45) is 4.46. The summed E-state index contributed by atoms with van der Waals surface area (Å²) in [7, 11) is 1.60. The average Bonchev–Trinajstić information content (AvgIpc) is 2.46. The second kappa shape index (κ2) is 4.05. The minimum absolute atomic E-state index is 0.134. The topological polar surface area (TPSA) is 60.9 Å². The summed E-state index contributed by atoms with van der Waals surface area (Å²) in [5.74, 6) is -0.202. The molecule has 16 heavy (non-hydrogen) atoms. The first kappa shape index (κ1) is 11.4. The third kappa shape index (κ3) is 2.04. The standard InChI is InChI=1S/C11H18N2O3/c1-12-7-9(14)13(10(12)15)8-11(16)5-3-2-4-6-11/h16H,2-8H2,1H3. The number of β-amino-alcohol motifs (C(OH)–C–C–N with tert-alkyl or cyclic N) is 1. The maximum absolute atomic E-state index is 11.7. The lowest BCUT2D eigenvalue weighted by atomic mass is 9.84. The van der Waals surface area contributed by atoms with E-state index in [4.69, 9.17) is 0 Å². The molecule has 0 bridgehead atoms. The number of nitrogens with zero attached hydrogens (tertiary/aromatic N) is 2. The third-order valence-electron chi connectivity index (χ3n) is 3.47. The Hall–Kier alpha value is -1.10. The summed E-state index contributed by atoms with van der Waals surface area (Å²) < 4.78 is 0. The van der Waals surface area contributed by atoms with Crippen molar-refractivity contribution in [2.75, 3.05) is 20.1 Å². The van der Waals surface area contributed by atoms with Crippen molar-refractivity contribution in [1.29, 1.82) is 0 Å². The Balaban J connectivity index is 2.03. The average molecular weight is 226 g/mol. The molecule has 0 radical (unpaired) electrons. The number of imide groups is 1. The summed E-state index contributed by atoms with van der Waals surface area (Å²) >= 11 is 0. The molecule has 1 heterocycles. The van der Waals surface area contributed by atoms with Crippen LogP contribution < -0.4 is 0 Å². The van der Waals surface area contributed by atoms with E-state index in [1.165, 1.54) is 9.80 Å². The maximum Gasteiger partial charge on any atom is 0.327 e. The molecule has 1 aliphatic heterocycles. The highest BCUT2D eigenvalue weighted by Crippen LogP contribution is 2.29. The first-order valence-electron chi connectivity index (χ1n) is 5.80. The normalized spacial score (nSPS) is 25.4. The number of carbonyl (C=O) groups excluding carboxylic acids is 2. The van der Waals surface area contributed by atoms with E-state index in [2.05, 4.69) is 0 Å². The van der Waals surface area contributed by atoms with Gasteiger partial charge in [0.25, 0.3) is 0 Å². The zero-order valence-electron chi connectivity index (χ0n) is 9.61. The van der Waals surface area contributed by atoms with E-state index < -0.39 is 5.60 Å². The molecule has 2 aliphatic rings. The number of carbonyl (C=O) groups is 2. The molecule has 3 amide bonds. The molecule has 1 saturated carbocycles. The SMILES string of the molecule is CN1CC(=O)N(CC2(O)CCCCC2)C1=O. The van der Waals surface area contributed by atoms with Crippen molar-refractivity contribution in [3.05, 3.63) is 0 Å². The first-order chi connectivity index (χ1) is 7.52. The molecule has 1 saturated heterocycles. The van der Waals surface area contributed by atoms with Crippen molar-refractivity contribution in [3.8, 4) is 0 Å². The predicted molar refractivity (Wildman–Crippen MR) is 57.8 cm³/mol. The van der Waals surface area contributed by atoms with Crippen LogP contribution in [-0.4, -0.2) is 52.6 Å². The second-order valence-electron chi connectivity index (χ2n) is 4.90. The summed E-state index contributed by atoms with van der Waals surface area (Å²) in [4.78, 5) is 25.8. The van der Waals surface area contributed by atoms with Crippen LogP contribution in [-0.2, 0) is 4.79 Å². The molecule has 5 nitrogen and oxygen atoms in total. The van der Waals surface area contributed by atoms with E-state index in [0.717, 1.165) is 19.3 Å². The van der Waals surface area contributed by atoms with Gasteiger partial charge in [0.15, 0.2) is 0 Å². The first-order valence-corrected chi connectivity index (χ1v) is 5.80. The molecule has 0 atom stereocenters. The van der Waals surface area contributed by atoms with Crippen molar-refractivity contribution in [3.63, 3.8) is 0 Å². The van der Waals surface area contributed by atoms with Crippen LogP contribution in [0.3, 0.4) is 0 Å². The zero-order chi connectivity index (χ0) is 11.8. The summed E-state index contributed by atoms with van der Waals surface area (Å²) in [6.45, 7) is 0.296. The van der Waals surface area contributed by atoms with Gasteiger partial charge in [0.2, 0.25) is 5.91 Å². The van der Waals surface area contributed by atoms with E-state index in [1.807, 2.05) is 0 Å². The Bertz CT molecular complexity index is 310. The van der Waals surface area contributed by atoms with Gasteiger partial charge in [0.05, 0.1) is 12.1 Å². The molecule has 0 aromatic rings. The Morgan fingerprint density at radius 3 is 2.38 bits per heavy atom. The number of rotatable bonds is 2. The van der Waals surface area contributed by atoms with Gasteiger partial charge in [-0.05, 0) is 12.8 Å². The van der Waals surface area contributed by atoms with Crippen LogP contribution in [0.2, 0.25) is 0 Å². The van der Waals surface area contributed by atoms with Gasteiger partial charge in [-0.25, -0.2) is 4.79 Å². The minimum atomic E-state index is -0.852. The molecule has 2 fully saturated rings. The fourth-order valence-corrected chi connectivity index (χ4v) is 2.49. The molecule has 0 unspecified atom stereocenters. The molecule has 1 aliphatic carbocycles. The highest BCUT2D eigenvalue weighted by atomic mass is 16.3. The maximum atomic E-state index is 11.7. The van der Waals surface area contributed by atoms with E-state index >= 15 is 0 Å². The number of aliphatic hydroxyl groups is 1. The van der Waals surface area contributed by atoms with Crippen LogP contribution in [0.15, 0.2) is 0 Å². The highest BCUT2D eigenvalue weighted by Gasteiger charge is 2.40. The summed E-state index contributed by atoms with van der Waals surface area (Å²) in [5.41, 5.74) is -0.852. The Morgan fingerprint density at radius 1 is 1.25 bits per heavy atom. The van der Waals surface area contributed by atoms with E-state index in [-0.39, 0.29) is 25.0 Å². The molecule has 0 spiro atoms. The predicted octanol–water partition coefficient (Wildman–Crippen LogP) is 0.576. The van der Waals surface area contributed by atoms with Gasteiger partial charge in [0, 0.05) is 7.05 Å². The summed E-state index contributed by atoms with van der Waals surface area (Å²) in [6, 6.07) is -0.288. The van der Waals surface area contributed by atoms with E-state index in [0.29, 0.717) is 12.8 Å². The number of likely N-dealkylation sites (N-methyl/N-ethyl adjacent to an activating group) is 1. The van der Waals surface area contributed by atoms with Crippen LogP contribution in [0.25, 0.3) is 0 Å². The van der Waals surface area contributed by atoms with Gasteiger partial charge in [-0.1, -0.05) is 19.3 Å². The van der Waals surface area contributed by atoms with Crippen LogP contribution >= 0.6 is 0 Å². The molecule has 90 valence electrons. The van der Waals surface area contributed by atoms with Crippen molar-refractivity contribution in [2.45, 2.75) is 37.7 Å². The van der Waals surface area contributed by atoms with Gasteiger partial charge >= 0.3 is 6.03 Å². The van der Waals surface area contributed by atoms with Gasteiger partial charge in [-0.2, -0.15) is 0 Å². The van der Waals surface area contributed by atoms with Crippen LogP contribution in [0, 0.1) is 0 Å². The fourth-order valence-electron chi connectivity index (χ4n) is 2.49. The monoisotopic (exact) mass is 226 g/mol. The van der Waals surface area contributed by atoms with Crippen molar-refractivity contribution in [1.82, 2.24) is 9.80 Å². The fraction of sp³-hybridized carbons (Fsp3) is 0.818. The van der Waals surface area contributed by atoms with Crippen LogP contribution in [0.5, 0.6) is 0 Å². The van der Waals surface area contributed by atoms with Gasteiger partial charge in [-0.3, -0.25) is 9.69 Å². The molecule has 1 N–H and O–H groups in total. The number of hydrogen-bond acceptors (Lipinski definition) is 3. The Morgan fingerprint density at radius 2 is 1.88 bits per heavy atom. The quantitative estimate of drug-likeness (QED) is 0.700. The molecular formula is C11H18N2O3. The molecule has 2 rings (SSSR count). The molecule has 0 aromatic heterocycles. The lowest BCUT2D eigenvalue weighted by molar-refractivity contribution is -0.128. The number of amides is 3. The molecular weight excluding hydrogens is 208 g/mol.